The molecule has 1 amide bonds. The van der Waals surface area contributed by atoms with Crippen molar-refractivity contribution in [1.82, 2.24) is 4.98 Å². The highest BCUT2D eigenvalue weighted by Gasteiger charge is 2.16. The van der Waals surface area contributed by atoms with Gasteiger partial charge in [-0.15, -0.1) is 23.1 Å². The lowest BCUT2D eigenvalue weighted by atomic mass is 10.2. The summed E-state index contributed by atoms with van der Waals surface area (Å²) in [5.74, 6) is -0.442. The Hall–Kier alpha value is -2.06. The molecule has 9 heteroatoms. The zero-order valence-corrected chi connectivity index (χ0v) is 18.4. The summed E-state index contributed by atoms with van der Waals surface area (Å²) < 4.78 is 5.18. The highest BCUT2D eigenvalue weighted by atomic mass is 35.5. The van der Waals surface area contributed by atoms with Crippen LogP contribution in [0.5, 0.6) is 0 Å². The van der Waals surface area contributed by atoms with E-state index in [2.05, 4.69) is 10.3 Å². The summed E-state index contributed by atoms with van der Waals surface area (Å²) in [4.78, 5) is 29.8. The van der Waals surface area contributed by atoms with E-state index in [9.17, 15) is 9.59 Å². The molecule has 0 saturated heterocycles. The van der Waals surface area contributed by atoms with Gasteiger partial charge in [0.2, 0.25) is 0 Å². The highest BCUT2D eigenvalue weighted by Crippen LogP contribution is 2.30. The van der Waals surface area contributed by atoms with Crippen LogP contribution in [0, 0.1) is 6.92 Å². The molecular formula is C20H16Cl2N2O3S2. The first-order chi connectivity index (χ1) is 13.9. The number of aromatic nitrogens is 1. The monoisotopic (exact) mass is 466 g/mol. The van der Waals surface area contributed by atoms with Crippen LogP contribution in [0.3, 0.4) is 0 Å². The Morgan fingerprint density at radius 3 is 2.72 bits per heavy atom. The third kappa shape index (κ3) is 5.96. The van der Waals surface area contributed by atoms with E-state index in [-0.39, 0.29) is 5.02 Å². The van der Waals surface area contributed by atoms with Crippen LogP contribution < -0.4 is 5.32 Å². The van der Waals surface area contributed by atoms with Gasteiger partial charge in [-0.1, -0.05) is 41.4 Å². The van der Waals surface area contributed by atoms with Crippen LogP contribution in [-0.2, 0) is 15.3 Å². The number of aryl methyl sites for hydroxylation is 1. The Kier molecular flexibility index (Phi) is 7.55. The van der Waals surface area contributed by atoms with Gasteiger partial charge in [0.25, 0.3) is 5.91 Å². The van der Waals surface area contributed by atoms with Crippen LogP contribution in [0.15, 0.2) is 52.7 Å². The minimum Gasteiger partial charge on any atom is -0.452 e. The molecule has 0 aliphatic carbocycles. The summed E-state index contributed by atoms with van der Waals surface area (Å²) in [7, 11) is 0. The van der Waals surface area contributed by atoms with E-state index in [0.717, 1.165) is 15.6 Å². The first-order valence-electron chi connectivity index (χ1n) is 8.48. The van der Waals surface area contributed by atoms with Crippen LogP contribution in [-0.4, -0.2) is 23.5 Å². The zero-order chi connectivity index (χ0) is 20.8. The lowest BCUT2D eigenvalue weighted by Gasteiger charge is -2.10. The molecule has 0 atom stereocenters. The van der Waals surface area contributed by atoms with Gasteiger partial charge >= 0.3 is 5.97 Å². The maximum Gasteiger partial charge on any atom is 0.339 e. The standard InChI is InChI=1S/C20H16Cl2N2O3S2/c1-12-23-13(10-28-12)11-29-17-8-3-2-5-14(17)20(26)27-9-18(25)24-16-7-4-6-15(21)19(16)22/h2-8,10H,9,11H2,1H3,(H,24,25). The number of ether oxygens (including phenoxy) is 1. The maximum absolute atomic E-state index is 12.5. The van der Waals surface area contributed by atoms with Crippen molar-refractivity contribution in [2.45, 2.75) is 17.6 Å². The van der Waals surface area contributed by atoms with E-state index in [1.807, 2.05) is 24.4 Å². The first-order valence-corrected chi connectivity index (χ1v) is 11.1. The van der Waals surface area contributed by atoms with Crippen molar-refractivity contribution in [3.63, 3.8) is 0 Å². The number of nitrogens with zero attached hydrogens (tertiary/aromatic N) is 1. The number of carbonyl (C=O) groups is 2. The second-order valence-corrected chi connectivity index (χ2v) is 8.73. The molecular weight excluding hydrogens is 451 g/mol. The lowest BCUT2D eigenvalue weighted by molar-refractivity contribution is -0.119. The van der Waals surface area contributed by atoms with E-state index < -0.39 is 18.5 Å². The molecule has 1 aromatic heterocycles. The number of thioether (sulfide) groups is 1. The Labute approximate surface area is 186 Å². The number of halogens is 2. The summed E-state index contributed by atoms with van der Waals surface area (Å²) in [6.07, 6.45) is 0. The minimum atomic E-state index is -0.574. The normalized spacial score (nSPS) is 10.6. The average Bonchev–Trinajstić information content (AvgIpc) is 3.13. The number of nitrogens with one attached hydrogen (secondary N) is 1. The van der Waals surface area contributed by atoms with Gasteiger partial charge in [0, 0.05) is 16.0 Å². The number of amides is 1. The molecule has 1 heterocycles. The van der Waals surface area contributed by atoms with Crippen molar-refractivity contribution in [2.24, 2.45) is 0 Å². The molecule has 3 aromatic rings. The largest absolute Gasteiger partial charge is 0.452 e. The number of hydrogen-bond donors (Lipinski definition) is 1. The number of rotatable bonds is 7. The minimum absolute atomic E-state index is 0.230. The van der Waals surface area contributed by atoms with Gasteiger partial charge in [0.1, 0.15) is 0 Å². The number of thiazole rings is 1. The second-order valence-electron chi connectivity index (χ2n) is 5.87. The van der Waals surface area contributed by atoms with E-state index >= 15 is 0 Å². The van der Waals surface area contributed by atoms with Crippen molar-refractivity contribution < 1.29 is 14.3 Å². The molecule has 3 rings (SSSR count). The molecule has 0 fully saturated rings. The number of hydrogen-bond acceptors (Lipinski definition) is 6. The predicted molar refractivity (Wildman–Crippen MR) is 118 cm³/mol. The first kappa shape index (κ1) is 21.6. The Bertz CT molecular complexity index is 1040. The summed E-state index contributed by atoms with van der Waals surface area (Å²) in [6.45, 7) is 1.51. The number of benzene rings is 2. The summed E-state index contributed by atoms with van der Waals surface area (Å²) in [5, 5.41) is 6.12. The molecule has 5 nitrogen and oxygen atoms in total. The Balaban J connectivity index is 1.59. The number of carbonyl (C=O) groups excluding carboxylic acids is 2. The third-order valence-electron chi connectivity index (χ3n) is 3.71. The van der Waals surface area contributed by atoms with E-state index in [4.69, 9.17) is 27.9 Å². The van der Waals surface area contributed by atoms with Crippen molar-refractivity contribution in [2.75, 3.05) is 11.9 Å². The Morgan fingerprint density at radius 2 is 1.97 bits per heavy atom. The Morgan fingerprint density at radius 1 is 1.17 bits per heavy atom. The highest BCUT2D eigenvalue weighted by molar-refractivity contribution is 7.98. The topological polar surface area (TPSA) is 68.3 Å². The zero-order valence-electron chi connectivity index (χ0n) is 15.3. The summed E-state index contributed by atoms with van der Waals surface area (Å²) >= 11 is 15.0. The van der Waals surface area contributed by atoms with Crippen molar-refractivity contribution in [3.8, 4) is 0 Å². The van der Waals surface area contributed by atoms with Gasteiger partial charge < -0.3 is 10.1 Å². The number of esters is 1. The molecule has 0 spiro atoms. The average molecular weight is 467 g/mol. The van der Waals surface area contributed by atoms with E-state index in [0.29, 0.717) is 22.0 Å². The second kappa shape index (κ2) is 10.1. The summed E-state index contributed by atoms with van der Waals surface area (Å²) in [5.41, 5.74) is 1.71. The van der Waals surface area contributed by atoms with Crippen molar-refractivity contribution in [1.29, 1.82) is 0 Å². The van der Waals surface area contributed by atoms with Crippen LogP contribution in [0.25, 0.3) is 0 Å². The van der Waals surface area contributed by atoms with Crippen LogP contribution in [0.2, 0.25) is 10.0 Å². The lowest BCUT2D eigenvalue weighted by Crippen LogP contribution is -2.21. The molecule has 0 aliphatic heterocycles. The molecule has 0 unspecified atom stereocenters. The molecule has 0 aliphatic rings. The molecule has 0 radical (unpaired) electrons. The van der Waals surface area contributed by atoms with Crippen molar-refractivity contribution in [3.05, 3.63) is 74.2 Å². The smallest absolute Gasteiger partial charge is 0.339 e. The summed E-state index contributed by atoms with van der Waals surface area (Å²) in [6, 6.07) is 12.0. The quantitative estimate of drug-likeness (QED) is 0.349. The molecule has 29 heavy (non-hydrogen) atoms. The SMILES string of the molecule is Cc1nc(CSc2ccccc2C(=O)OCC(=O)Nc2cccc(Cl)c2Cl)cs1. The van der Waals surface area contributed by atoms with Gasteiger partial charge in [-0.25, -0.2) is 9.78 Å². The van der Waals surface area contributed by atoms with Crippen LogP contribution in [0.1, 0.15) is 21.1 Å². The molecule has 1 N–H and O–H groups in total. The molecule has 0 saturated carbocycles. The van der Waals surface area contributed by atoms with Gasteiger partial charge in [0.05, 0.1) is 32.0 Å². The van der Waals surface area contributed by atoms with E-state index in [1.54, 1.807) is 41.7 Å². The molecule has 2 aromatic carbocycles. The fourth-order valence-corrected chi connectivity index (χ4v) is 4.38. The van der Waals surface area contributed by atoms with Gasteiger partial charge in [0.15, 0.2) is 6.61 Å². The predicted octanol–water partition coefficient (Wildman–Crippen LogP) is 5.85. The van der Waals surface area contributed by atoms with Crippen LogP contribution in [0.4, 0.5) is 5.69 Å². The fraction of sp³-hybridized carbons (Fsp3) is 0.150. The van der Waals surface area contributed by atoms with Crippen LogP contribution >= 0.6 is 46.3 Å². The van der Waals surface area contributed by atoms with Gasteiger partial charge in [-0.3, -0.25) is 4.79 Å². The third-order valence-corrected chi connectivity index (χ3v) is 6.46. The number of anilines is 1. The van der Waals surface area contributed by atoms with Gasteiger partial charge in [-0.2, -0.15) is 0 Å². The molecule has 150 valence electrons. The maximum atomic E-state index is 12.5. The van der Waals surface area contributed by atoms with Gasteiger partial charge in [-0.05, 0) is 31.2 Å². The fourth-order valence-electron chi connectivity index (χ4n) is 2.38. The van der Waals surface area contributed by atoms with Crippen molar-refractivity contribution >= 4 is 63.9 Å². The molecule has 0 bridgehead atoms. The van der Waals surface area contributed by atoms with E-state index in [1.165, 1.54) is 11.8 Å².